The van der Waals surface area contributed by atoms with Crippen molar-refractivity contribution in [2.45, 2.75) is 13.8 Å². The van der Waals surface area contributed by atoms with Crippen LogP contribution in [0.3, 0.4) is 0 Å². The van der Waals surface area contributed by atoms with Crippen molar-refractivity contribution in [3.05, 3.63) is 76.1 Å². The molecule has 3 aromatic rings. The first-order valence-corrected chi connectivity index (χ1v) is 6.60. The van der Waals surface area contributed by atoms with E-state index < -0.39 is 0 Å². The molecule has 0 atom stereocenters. The second kappa shape index (κ2) is 4.85. The third-order valence-corrected chi connectivity index (χ3v) is 3.34. The standard InChI is InChI=1S/C17H16N2O/c1-12-6-8-15(9-7-12)19-17(20)11-16(18-19)14-5-3-4-13(2)10-14/h3-11,18H,1-2H3. The summed E-state index contributed by atoms with van der Waals surface area (Å²) in [6, 6.07) is 17.6. The normalized spacial score (nSPS) is 10.7. The Hall–Kier alpha value is -2.55. The van der Waals surface area contributed by atoms with Crippen LogP contribution in [0.4, 0.5) is 0 Å². The molecule has 1 N–H and O–H groups in total. The smallest absolute Gasteiger partial charge is 0.271 e. The van der Waals surface area contributed by atoms with Gasteiger partial charge in [-0.25, -0.2) is 4.68 Å². The van der Waals surface area contributed by atoms with Crippen molar-refractivity contribution < 1.29 is 0 Å². The van der Waals surface area contributed by atoms with Gasteiger partial charge in [0, 0.05) is 6.07 Å². The molecule has 1 heterocycles. The van der Waals surface area contributed by atoms with Gasteiger partial charge in [-0.2, -0.15) is 0 Å². The van der Waals surface area contributed by atoms with E-state index in [-0.39, 0.29) is 5.56 Å². The van der Waals surface area contributed by atoms with E-state index in [1.54, 1.807) is 10.7 Å². The Balaban J connectivity index is 2.07. The number of aryl methyl sites for hydroxylation is 2. The van der Waals surface area contributed by atoms with E-state index >= 15 is 0 Å². The van der Waals surface area contributed by atoms with E-state index in [0.717, 1.165) is 16.9 Å². The van der Waals surface area contributed by atoms with Crippen LogP contribution in [0.15, 0.2) is 59.4 Å². The molecule has 0 aliphatic heterocycles. The molecular formula is C17H16N2O. The number of H-pyrrole nitrogens is 1. The summed E-state index contributed by atoms with van der Waals surface area (Å²) < 4.78 is 1.57. The van der Waals surface area contributed by atoms with Gasteiger partial charge < -0.3 is 0 Å². The number of rotatable bonds is 2. The Kier molecular flexibility index (Phi) is 3.03. The van der Waals surface area contributed by atoms with Crippen LogP contribution < -0.4 is 5.56 Å². The highest BCUT2D eigenvalue weighted by Crippen LogP contribution is 2.17. The quantitative estimate of drug-likeness (QED) is 0.756. The maximum Gasteiger partial charge on any atom is 0.271 e. The Morgan fingerprint density at radius 2 is 1.65 bits per heavy atom. The molecule has 0 saturated carbocycles. The van der Waals surface area contributed by atoms with Gasteiger partial charge in [0.15, 0.2) is 0 Å². The van der Waals surface area contributed by atoms with Gasteiger partial charge in [0.25, 0.3) is 5.56 Å². The van der Waals surface area contributed by atoms with E-state index in [2.05, 4.69) is 11.2 Å². The number of aromatic amines is 1. The third-order valence-electron chi connectivity index (χ3n) is 3.34. The number of nitrogens with zero attached hydrogens (tertiary/aromatic N) is 1. The lowest BCUT2D eigenvalue weighted by Gasteiger charge is -2.03. The minimum Gasteiger partial charge on any atom is -0.290 e. The summed E-state index contributed by atoms with van der Waals surface area (Å²) in [6.07, 6.45) is 0. The van der Waals surface area contributed by atoms with E-state index in [9.17, 15) is 4.79 Å². The van der Waals surface area contributed by atoms with E-state index in [1.807, 2.05) is 56.3 Å². The summed E-state index contributed by atoms with van der Waals surface area (Å²) in [7, 11) is 0. The summed E-state index contributed by atoms with van der Waals surface area (Å²) in [5, 5.41) is 3.16. The van der Waals surface area contributed by atoms with Crippen LogP contribution in [-0.4, -0.2) is 9.78 Å². The molecule has 0 bridgehead atoms. The van der Waals surface area contributed by atoms with Crippen LogP contribution in [0.5, 0.6) is 0 Å². The van der Waals surface area contributed by atoms with Gasteiger partial charge >= 0.3 is 0 Å². The topological polar surface area (TPSA) is 37.8 Å². The lowest BCUT2D eigenvalue weighted by Crippen LogP contribution is -2.13. The Bertz CT molecular complexity index is 794. The van der Waals surface area contributed by atoms with Crippen molar-refractivity contribution in [2.75, 3.05) is 0 Å². The fourth-order valence-electron chi connectivity index (χ4n) is 2.24. The summed E-state index contributed by atoms with van der Waals surface area (Å²) in [5.41, 5.74) is 5.00. The zero-order chi connectivity index (χ0) is 14.1. The van der Waals surface area contributed by atoms with Crippen molar-refractivity contribution in [3.63, 3.8) is 0 Å². The minimum absolute atomic E-state index is 0.0506. The molecule has 0 aliphatic carbocycles. The first-order chi connectivity index (χ1) is 9.63. The lowest BCUT2D eigenvalue weighted by atomic mass is 10.1. The third kappa shape index (κ3) is 2.30. The molecule has 100 valence electrons. The van der Waals surface area contributed by atoms with Crippen LogP contribution >= 0.6 is 0 Å². The van der Waals surface area contributed by atoms with Crippen LogP contribution in [-0.2, 0) is 0 Å². The van der Waals surface area contributed by atoms with Crippen LogP contribution in [0, 0.1) is 13.8 Å². The Morgan fingerprint density at radius 1 is 0.900 bits per heavy atom. The van der Waals surface area contributed by atoms with E-state index in [4.69, 9.17) is 0 Å². The minimum atomic E-state index is -0.0506. The molecule has 3 rings (SSSR count). The summed E-state index contributed by atoms with van der Waals surface area (Å²) in [5.74, 6) is 0. The second-order valence-corrected chi connectivity index (χ2v) is 5.05. The molecule has 3 nitrogen and oxygen atoms in total. The van der Waals surface area contributed by atoms with Crippen molar-refractivity contribution in [3.8, 4) is 16.9 Å². The molecule has 0 saturated heterocycles. The number of benzene rings is 2. The van der Waals surface area contributed by atoms with E-state index in [1.165, 1.54) is 11.1 Å². The SMILES string of the molecule is Cc1ccc(-n2[nH]c(-c3cccc(C)c3)cc2=O)cc1. The van der Waals surface area contributed by atoms with Gasteiger partial charge in [-0.15, -0.1) is 0 Å². The molecule has 2 aromatic carbocycles. The first kappa shape index (κ1) is 12.5. The van der Waals surface area contributed by atoms with Gasteiger partial charge in [0.05, 0.1) is 11.4 Å². The fourth-order valence-corrected chi connectivity index (χ4v) is 2.24. The number of hydrogen-bond donors (Lipinski definition) is 1. The second-order valence-electron chi connectivity index (χ2n) is 5.05. The molecule has 20 heavy (non-hydrogen) atoms. The van der Waals surface area contributed by atoms with Crippen LogP contribution in [0.1, 0.15) is 11.1 Å². The van der Waals surface area contributed by atoms with Gasteiger partial charge in [-0.3, -0.25) is 9.89 Å². The van der Waals surface area contributed by atoms with Gasteiger partial charge in [0.2, 0.25) is 0 Å². The van der Waals surface area contributed by atoms with Crippen LogP contribution in [0.25, 0.3) is 16.9 Å². The average molecular weight is 264 g/mol. The van der Waals surface area contributed by atoms with Crippen molar-refractivity contribution in [2.24, 2.45) is 0 Å². The van der Waals surface area contributed by atoms with Gasteiger partial charge in [-0.05, 0) is 37.6 Å². The van der Waals surface area contributed by atoms with Gasteiger partial charge in [-0.1, -0.05) is 41.5 Å². The predicted octanol–water partition coefficient (Wildman–Crippen LogP) is 3.45. The zero-order valence-corrected chi connectivity index (χ0v) is 11.6. The number of hydrogen-bond acceptors (Lipinski definition) is 1. The molecule has 0 amide bonds. The molecule has 3 heteroatoms. The lowest BCUT2D eigenvalue weighted by molar-refractivity contribution is 0.852. The number of nitrogens with one attached hydrogen (secondary N) is 1. The maximum absolute atomic E-state index is 12.1. The molecule has 1 aromatic heterocycles. The summed E-state index contributed by atoms with van der Waals surface area (Å²) >= 11 is 0. The largest absolute Gasteiger partial charge is 0.290 e. The Labute approximate surface area is 117 Å². The maximum atomic E-state index is 12.1. The van der Waals surface area contributed by atoms with Crippen molar-refractivity contribution in [1.82, 2.24) is 9.78 Å². The first-order valence-electron chi connectivity index (χ1n) is 6.60. The number of aromatic nitrogens is 2. The van der Waals surface area contributed by atoms with Gasteiger partial charge in [0.1, 0.15) is 0 Å². The molecule has 0 aliphatic rings. The summed E-state index contributed by atoms with van der Waals surface area (Å²) in [6.45, 7) is 4.07. The Morgan fingerprint density at radius 3 is 2.35 bits per heavy atom. The highest BCUT2D eigenvalue weighted by atomic mass is 16.1. The highest BCUT2D eigenvalue weighted by molar-refractivity contribution is 5.59. The molecule has 0 fully saturated rings. The fraction of sp³-hybridized carbons (Fsp3) is 0.118. The molecule has 0 unspecified atom stereocenters. The molecule has 0 radical (unpaired) electrons. The molecular weight excluding hydrogens is 248 g/mol. The monoisotopic (exact) mass is 264 g/mol. The summed E-state index contributed by atoms with van der Waals surface area (Å²) in [4.78, 5) is 12.1. The van der Waals surface area contributed by atoms with Crippen molar-refractivity contribution in [1.29, 1.82) is 0 Å². The molecule has 0 spiro atoms. The zero-order valence-electron chi connectivity index (χ0n) is 11.6. The van der Waals surface area contributed by atoms with E-state index in [0.29, 0.717) is 0 Å². The van der Waals surface area contributed by atoms with Crippen LogP contribution in [0.2, 0.25) is 0 Å². The average Bonchev–Trinajstić information content (AvgIpc) is 2.82. The van der Waals surface area contributed by atoms with Crippen molar-refractivity contribution >= 4 is 0 Å². The highest BCUT2D eigenvalue weighted by Gasteiger charge is 2.06. The predicted molar refractivity (Wildman–Crippen MR) is 81.3 cm³/mol.